The number of anilines is 6. The summed E-state index contributed by atoms with van der Waals surface area (Å²) in [7, 11) is 0. The Labute approximate surface area is 344 Å². The zero-order valence-electron chi connectivity index (χ0n) is 32.2. The fourth-order valence-corrected chi connectivity index (χ4v) is 8.61. The highest BCUT2D eigenvalue weighted by Crippen LogP contribution is 2.50. The SMILES string of the molecule is c1ccc(N(c2ccccc2)c2ccc(-c3ccc4c5c(cccc35)Oc3cc(-c5ccc6cc(N(c7ccccc7)c7ccccc7)ccc6c5)ccc3-4)cc2)cc1. The van der Waals surface area contributed by atoms with Crippen LogP contribution >= 0.6 is 0 Å². The maximum atomic E-state index is 6.75. The minimum absolute atomic E-state index is 0.873. The molecule has 59 heavy (non-hydrogen) atoms. The van der Waals surface area contributed by atoms with E-state index < -0.39 is 0 Å². The first kappa shape index (κ1) is 34.4. The molecule has 3 heteroatoms. The summed E-state index contributed by atoms with van der Waals surface area (Å²) < 4.78 is 6.75. The molecule has 0 amide bonds. The van der Waals surface area contributed by atoms with Gasteiger partial charge in [0.05, 0.1) is 0 Å². The Balaban J connectivity index is 0.909. The summed E-state index contributed by atoms with van der Waals surface area (Å²) in [4.78, 5) is 4.60. The van der Waals surface area contributed by atoms with E-state index in [0.717, 1.165) is 73.3 Å². The van der Waals surface area contributed by atoms with E-state index in [1.54, 1.807) is 0 Å². The van der Waals surface area contributed by atoms with Crippen molar-refractivity contribution in [3.63, 3.8) is 0 Å². The molecule has 1 aliphatic heterocycles. The Kier molecular flexibility index (Phi) is 8.49. The third-order valence-corrected chi connectivity index (χ3v) is 11.4. The van der Waals surface area contributed by atoms with Gasteiger partial charge >= 0.3 is 0 Å². The van der Waals surface area contributed by atoms with Crippen molar-refractivity contribution in [2.45, 2.75) is 0 Å². The van der Waals surface area contributed by atoms with Gasteiger partial charge in [0.15, 0.2) is 0 Å². The Hall–Kier alpha value is -7.88. The third kappa shape index (κ3) is 6.26. The predicted octanol–water partition coefficient (Wildman–Crippen LogP) is 16.0. The molecule has 0 bridgehead atoms. The van der Waals surface area contributed by atoms with Crippen molar-refractivity contribution in [3.05, 3.63) is 231 Å². The lowest BCUT2D eigenvalue weighted by atomic mass is 9.89. The van der Waals surface area contributed by atoms with Crippen molar-refractivity contribution in [2.75, 3.05) is 9.80 Å². The van der Waals surface area contributed by atoms with Gasteiger partial charge in [-0.2, -0.15) is 0 Å². The van der Waals surface area contributed by atoms with Crippen LogP contribution in [0.15, 0.2) is 231 Å². The molecule has 0 unspecified atom stereocenters. The van der Waals surface area contributed by atoms with Crippen LogP contribution < -0.4 is 14.5 Å². The number of hydrogen-bond donors (Lipinski definition) is 0. The van der Waals surface area contributed by atoms with E-state index in [0.29, 0.717) is 0 Å². The van der Waals surface area contributed by atoms with Gasteiger partial charge in [-0.05, 0) is 141 Å². The molecule has 0 aromatic heterocycles. The number of ether oxygens (including phenoxy) is 1. The molecule has 0 N–H and O–H groups in total. The van der Waals surface area contributed by atoms with Crippen molar-refractivity contribution >= 4 is 55.7 Å². The highest BCUT2D eigenvalue weighted by atomic mass is 16.5. The van der Waals surface area contributed by atoms with E-state index in [9.17, 15) is 0 Å². The van der Waals surface area contributed by atoms with Crippen LogP contribution in [0.2, 0.25) is 0 Å². The van der Waals surface area contributed by atoms with Crippen LogP contribution in [-0.4, -0.2) is 0 Å². The minimum atomic E-state index is 0.873. The standard InChI is InChI=1S/C56H38N2O/c1-5-14-44(15-6-1)57(45-16-7-2-8-17-45)48-30-26-39(27-31-48)50-34-35-53-51-33-29-43(38-55(51)59-54-23-13-22-52(50)56(53)54)40-24-25-42-37-49(32-28-41(42)36-40)58(46-18-9-3-10-19-46)47-20-11-4-12-21-47/h1-38H. The number of nitrogens with zero attached hydrogens (tertiary/aromatic N) is 2. The Morgan fingerprint density at radius 3 is 1.36 bits per heavy atom. The second-order valence-corrected chi connectivity index (χ2v) is 15.0. The maximum absolute atomic E-state index is 6.75. The Morgan fingerprint density at radius 1 is 0.271 bits per heavy atom. The summed E-state index contributed by atoms with van der Waals surface area (Å²) in [6, 6.07) is 82.1. The lowest BCUT2D eigenvalue weighted by Crippen LogP contribution is -2.09. The van der Waals surface area contributed by atoms with E-state index in [1.165, 1.54) is 27.3 Å². The van der Waals surface area contributed by atoms with Gasteiger partial charge in [0.2, 0.25) is 0 Å². The fourth-order valence-electron chi connectivity index (χ4n) is 8.61. The van der Waals surface area contributed by atoms with Crippen molar-refractivity contribution in [3.8, 4) is 44.9 Å². The fraction of sp³-hybridized carbons (Fsp3) is 0. The quantitative estimate of drug-likeness (QED) is 0.154. The molecule has 278 valence electrons. The number of fused-ring (bicyclic) bond motifs is 3. The maximum Gasteiger partial charge on any atom is 0.135 e. The van der Waals surface area contributed by atoms with E-state index in [1.807, 2.05) is 0 Å². The summed E-state index contributed by atoms with van der Waals surface area (Å²) in [6.07, 6.45) is 0. The highest BCUT2D eigenvalue weighted by Gasteiger charge is 2.23. The lowest BCUT2D eigenvalue weighted by Gasteiger charge is -2.26. The molecule has 0 aliphatic carbocycles. The summed E-state index contributed by atoms with van der Waals surface area (Å²) in [5.41, 5.74) is 13.6. The topological polar surface area (TPSA) is 15.7 Å². The average Bonchev–Trinajstić information content (AvgIpc) is 3.31. The predicted molar refractivity (Wildman–Crippen MR) is 247 cm³/mol. The van der Waals surface area contributed by atoms with Crippen LogP contribution in [0.5, 0.6) is 11.5 Å². The second kappa shape index (κ2) is 14.6. The Bertz CT molecular complexity index is 3030. The second-order valence-electron chi connectivity index (χ2n) is 15.0. The normalized spacial score (nSPS) is 11.5. The first-order valence-electron chi connectivity index (χ1n) is 20.1. The number of rotatable bonds is 8. The average molecular weight is 755 g/mol. The van der Waals surface area contributed by atoms with Crippen LogP contribution in [-0.2, 0) is 0 Å². The summed E-state index contributed by atoms with van der Waals surface area (Å²) >= 11 is 0. The van der Waals surface area contributed by atoms with Crippen LogP contribution in [0, 0.1) is 0 Å². The van der Waals surface area contributed by atoms with E-state index in [2.05, 4.69) is 240 Å². The van der Waals surface area contributed by atoms with E-state index >= 15 is 0 Å². The molecule has 10 aromatic carbocycles. The van der Waals surface area contributed by atoms with Gasteiger partial charge in [-0.3, -0.25) is 0 Å². The van der Waals surface area contributed by atoms with Gasteiger partial charge in [0, 0.05) is 45.1 Å². The molecule has 11 rings (SSSR count). The molecule has 1 aliphatic rings. The van der Waals surface area contributed by atoms with Crippen LogP contribution in [0.25, 0.3) is 54.9 Å². The summed E-state index contributed by atoms with van der Waals surface area (Å²) in [6.45, 7) is 0. The number of hydrogen-bond acceptors (Lipinski definition) is 3. The summed E-state index contributed by atoms with van der Waals surface area (Å²) in [5.74, 6) is 1.76. The monoisotopic (exact) mass is 754 g/mol. The molecular formula is C56H38N2O. The van der Waals surface area contributed by atoms with E-state index in [-0.39, 0.29) is 0 Å². The lowest BCUT2D eigenvalue weighted by molar-refractivity contribution is 0.487. The van der Waals surface area contributed by atoms with Gasteiger partial charge in [-0.25, -0.2) is 0 Å². The molecular weight excluding hydrogens is 717 g/mol. The van der Waals surface area contributed by atoms with Crippen molar-refractivity contribution in [1.82, 2.24) is 0 Å². The zero-order valence-corrected chi connectivity index (χ0v) is 32.2. The molecule has 0 spiro atoms. The first-order valence-corrected chi connectivity index (χ1v) is 20.1. The number of benzene rings is 10. The third-order valence-electron chi connectivity index (χ3n) is 11.4. The first-order chi connectivity index (χ1) is 29.2. The van der Waals surface area contributed by atoms with Crippen molar-refractivity contribution in [2.24, 2.45) is 0 Å². The van der Waals surface area contributed by atoms with Crippen molar-refractivity contribution in [1.29, 1.82) is 0 Å². The van der Waals surface area contributed by atoms with Crippen LogP contribution in [0.4, 0.5) is 34.1 Å². The van der Waals surface area contributed by atoms with Gasteiger partial charge in [0.25, 0.3) is 0 Å². The Morgan fingerprint density at radius 2 is 0.729 bits per heavy atom. The van der Waals surface area contributed by atoms with Gasteiger partial charge < -0.3 is 14.5 Å². The van der Waals surface area contributed by atoms with Gasteiger partial charge in [0.1, 0.15) is 11.5 Å². The molecule has 3 nitrogen and oxygen atoms in total. The zero-order chi connectivity index (χ0) is 39.1. The molecule has 10 aromatic rings. The minimum Gasteiger partial charge on any atom is -0.456 e. The van der Waals surface area contributed by atoms with Crippen LogP contribution in [0.3, 0.4) is 0 Å². The van der Waals surface area contributed by atoms with Crippen LogP contribution in [0.1, 0.15) is 0 Å². The molecule has 0 saturated carbocycles. The smallest absolute Gasteiger partial charge is 0.135 e. The molecule has 1 heterocycles. The highest BCUT2D eigenvalue weighted by molar-refractivity contribution is 6.10. The van der Waals surface area contributed by atoms with Gasteiger partial charge in [-0.15, -0.1) is 0 Å². The largest absolute Gasteiger partial charge is 0.456 e. The van der Waals surface area contributed by atoms with Crippen molar-refractivity contribution < 1.29 is 4.74 Å². The van der Waals surface area contributed by atoms with Gasteiger partial charge in [-0.1, -0.05) is 133 Å². The molecule has 0 fully saturated rings. The van der Waals surface area contributed by atoms with E-state index in [4.69, 9.17) is 4.74 Å². The number of para-hydroxylation sites is 4. The molecule has 0 saturated heterocycles. The molecule has 0 atom stereocenters. The molecule has 0 radical (unpaired) electrons. The summed E-state index contributed by atoms with van der Waals surface area (Å²) in [5, 5.41) is 4.70.